The van der Waals surface area contributed by atoms with Gasteiger partial charge >= 0.3 is 0 Å². The number of halogens is 1. The summed E-state index contributed by atoms with van der Waals surface area (Å²) < 4.78 is 0. The van der Waals surface area contributed by atoms with Gasteiger partial charge in [0.25, 0.3) is 0 Å². The van der Waals surface area contributed by atoms with Gasteiger partial charge in [-0.05, 0) is 23.8 Å². The van der Waals surface area contributed by atoms with E-state index in [1.165, 1.54) is 5.56 Å². The maximum atomic E-state index is 6.45. The Bertz CT molecular complexity index is 603. The molecule has 0 saturated carbocycles. The van der Waals surface area contributed by atoms with Gasteiger partial charge in [0.1, 0.15) is 5.82 Å². The van der Waals surface area contributed by atoms with Crippen LogP contribution in [0.2, 0.25) is 0 Å². The van der Waals surface area contributed by atoms with Crippen LogP contribution in [0.25, 0.3) is 11.4 Å². The molecule has 1 N–H and O–H groups in total. The summed E-state index contributed by atoms with van der Waals surface area (Å²) in [6.45, 7) is 12.9. The lowest BCUT2D eigenvalue weighted by molar-refractivity contribution is 0.590. The molecule has 0 aliphatic carbocycles. The van der Waals surface area contributed by atoms with Crippen LogP contribution in [0.3, 0.4) is 0 Å². The van der Waals surface area contributed by atoms with Crippen LogP contribution in [-0.4, -0.2) is 9.97 Å². The lowest BCUT2D eigenvalue weighted by Gasteiger charge is -2.18. The Labute approximate surface area is 133 Å². The van der Waals surface area contributed by atoms with E-state index >= 15 is 0 Å². The van der Waals surface area contributed by atoms with Gasteiger partial charge in [-0.15, -0.1) is 11.6 Å². The zero-order valence-corrected chi connectivity index (χ0v) is 14.5. The van der Waals surface area contributed by atoms with Crippen LogP contribution in [0.5, 0.6) is 0 Å². The van der Waals surface area contributed by atoms with Crippen LogP contribution in [0.1, 0.15) is 56.9 Å². The second-order valence-corrected chi connectivity index (χ2v) is 7.54. The third-order valence-corrected chi connectivity index (χ3v) is 4.50. The highest BCUT2D eigenvalue weighted by Crippen LogP contribution is 2.32. The Hall–Kier alpha value is -1.28. The van der Waals surface area contributed by atoms with E-state index < -0.39 is 0 Å². The predicted octanol–water partition coefficient (Wildman–Crippen LogP) is 5.62. The first-order valence-corrected chi connectivity index (χ1v) is 7.95. The van der Waals surface area contributed by atoms with Gasteiger partial charge in [0, 0.05) is 11.3 Å². The minimum atomic E-state index is -0.0520. The van der Waals surface area contributed by atoms with E-state index in [1.807, 2.05) is 6.92 Å². The molecule has 0 aliphatic heterocycles. The summed E-state index contributed by atoms with van der Waals surface area (Å²) in [4.78, 5) is 8.06. The minimum absolute atomic E-state index is 0.0520. The highest BCUT2D eigenvalue weighted by atomic mass is 35.5. The first-order valence-electron chi connectivity index (χ1n) is 7.51. The zero-order chi connectivity index (χ0) is 15.8. The van der Waals surface area contributed by atoms with Crippen molar-refractivity contribution in [2.45, 2.75) is 52.3 Å². The summed E-state index contributed by atoms with van der Waals surface area (Å²) in [5.74, 6) is 1.26. The van der Waals surface area contributed by atoms with Gasteiger partial charge in [-0.25, -0.2) is 4.98 Å². The number of hydrogen-bond donors (Lipinski definition) is 1. The summed E-state index contributed by atoms with van der Waals surface area (Å²) in [6, 6.07) is 8.60. The molecular formula is C18H25ClN2. The molecule has 2 aromatic rings. The van der Waals surface area contributed by atoms with Crippen molar-refractivity contribution in [2.24, 2.45) is 5.92 Å². The fourth-order valence-corrected chi connectivity index (χ4v) is 2.54. The van der Waals surface area contributed by atoms with Crippen LogP contribution < -0.4 is 0 Å². The molecule has 2 nitrogen and oxygen atoms in total. The monoisotopic (exact) mass is 304 g/mol. The second kappa shape index (κ2) is 5.84. The first-order chi connectivity index (χ1) is 9.70. The maximum Gasteiger partial charge on any atom is 0.137 e. The number of nitrogens with zero attached hydrogens (tertiary/aromatic N) is 1. The molecule has 1 aromatic carbocycles. The Balaban J connectivity index is 2.33. The normalized spacial score (nSPS) is 13.7. The number of H-pyrrole nitrogens is 1. The molecule has 0 saturated heterocycles. The average Bonchev–Trinajstić information content (AvgIpc) is 2.79. The molecule has 1 aromatic heterocycles. The first kappa shape index (κ1) is 16.1. The number of imidazole rings is 1. The Kier molecular flexibility index (Phi) is 4.48. The van der Waals surface area contributed by atoms with Crippen LogP contribution in [0.15, 0.2) is 24.3 Å². The van der Waals surface area contributed by atoms with Crippen LogP contribution in [-0.2, 0) is 5.41 Å². The molecular weight excluding hydrogens is 280 g/mol. The quantitative estimate of drug-likeness (QED) is 0.733. The number of aromatic amines is 1. The van der Waals surface area contributed by atoms with Crippen molar-refractivity contribution in [3.05, 3.63) is 41.2 Å². The molecule has 0 aliphatic rings. The van der Waals surface area contributed by atoms with E-state index in [0.717, 1.165) is 22.8 Å². The van der Waals surface area contributed by atoms with Crippen LogP contribution in [0, 0.1) is 12.8 Å². The van der Waals surface area contributed by atoms with E-state index in [4.69, 9.17) is 16.6 Å². The fourth-order valence-electron chi connectivity index (χ4n) is 2.32. The molecule has 2 rings (SSSR count). The van der Waals surface area contributed by atoms with Crippen molar-refractivity contribution in [1.82, 2.24) is 9.97 Å². The van der Waals surface area contributed by atoms with Gasteiger partial charge < -0.3 is 4.98 Å². The minimum Gasteiger partial charge on any atom is -0.342 e. The van der Waals surface area contributed by atoms with Gasteiger partial charge in [0.2, 0.25) is 0 Å². The van der Waals surface area contributed by atoms with E-state index in [-0.39, 0.29) is 10.8 Å². The van der Waals surface area contributed by atoms with E-state index in [1.54, 1.807) is 0 Å². The largest absolute Gasteiger partial charge is 0.342 e. The summed E-state index contributed by atoms with van der Waals surface area (Å²) >= 11 is 6.45. The lowest BCUT2D eigenvalue weighted by atomic mass is 9.87. The molecule has 0 fully saturated rings. The molecule has 1 unspecified atom stereocenters. The Morgan fingerprint density at radius 2 is 1.67 bits per heavy atom. The van der Waals surface area contributed by atoms with E-state index in [2.05, 4.69) is 63.9 Å². The summed E-state index contributed by atoms with van der Waals surface area (Å²) in [5.41, 5.74) is 4.61. The number of aryl methyl sites for hydroxylation is 1. The molecule has 0 bridgehead atoms. The number of nitrogens with one attached hydrogen (secondary N) is 1. The third-order valence-electron chi connectivity index (χ3n) is 3.79. The summed E-state index contributed by atoms with van der Waals surface area (Å²) in [6.07, 6.45) is 0. The highest BCUT2D eigenvalue weighted by Gasteiger charge is 2.20. The van der Waals surface area contributed by atoms with Crippen molar-refractivity contribution >= 4 is 11.6 Å². The molecule has 0 radical (unpaired) electrons. The molecule has 114 valence electrons. The molecule has 0 amide bonds. The van der Waals surface area contributed by atoms with E-state index in [9.17, 15) is 0 Å². The molecule has 1 heterocycles. The van der Waals surface area contributed by atoms with Gasteiger partial charge in [-0.3, -0.25) is 0 Å². The number of alkyl halides is 1. The summed E-state index contributed by atoms with van der Waals surface area (Å²) in [5, 5.41) is -0.0520. The molecule has 0 spiro atoms. The van der Waals surface area contributed by atoms with Crippen LogP contribution >= 0.6 is 11.6 Å². The number of aromatic nitrogens is 2. The van der Waals surface area contributed by atoms with Crippen molar-refractivity contribution in [3.63, 3.8) is 0 Å². The predicted molar refractivity (Wildman–Crippen MR) is 90.9 cm³/mol. The lowest BCUT2D eigenvalue weighted by Crippen LogP contribution is -2.10. The topological polar surface area (TPSA) is 28.7 Å². The molecule has 1 atom stereocenters. The highest BCUT2D eigenvalue weighted by molar-refractivity contribution is 6.20. The maximum absolute atomic E-state index is 6.45. The number of hydrogen-bond acceptors (Lipinski definition) is 1. The SMILES string of the molecule is Cc1[nH]c(-c2ccc(C(C)(C)C)cc2)nc1C(Cl)C(C)C. The van der Waals surface area contributed by atoms with Crippen molar-refractivity contribution in [2.75, 3.05) is 0 Å². The fraction of sp³-hybridized carbons (Fsp3) is 0.500. The summed E-state index contributed by atoms with van der Waals surface area (Å²) in [7, 11) is 0. The van der Waals surface area contributed by atoms with Crippen molar-refractivity contribution < 1.29 is 0 Å². The molecule has 21 heavy (non-hydrogen) atoms. The number of rotatable bonds is 3. The average molecular weight is 305 g/mol. The third kappa shape index (κ3) is 3.49. The van der Waals surface area contributed by atoms with Gasteiger partial charge in [-0.2, -0.15) is 0 Å². The standard InChI is InChI=1S/C18H25ClN2/c1-11(2)15(19)16-12(3)20-17(21-16)13-7-9-14(10-8-13)18(4,5)6/h7-11,15H,1-6H3,(H,20,21). The van der Waals surface area contributed by atoms with Gasteiger partial charge in [0.05, 0.1) is 11.1 Å². The second-order valence-electron chi connectivity index (χ2n) is 7.07. The van der Waals surface area contributed by atoms with E-state index in [0.29, 0.717) is 5.92 Å². The molecule has 3 heteroatoms. The van der Waals surface area contributed by atoms with Crippen LogP contribution in [0.4, 0.5) is 0 Å². The number of benzene rings is 1. The van der Waals surface area contributed by atoms with Gasteiger partial charge in [-0.1, -0.05) is 58.9 Å². The van der Waals surface area contributed by atoms with Gasteiger partial charge in [0.15, 0.2) is 0 Å². The van der Waals surface area contributed by atoms with Crippen molar-refractivity contribution in [1.29, 1.82) is 0 Å². The Morgan fingerprint density at radius 1 is 1.10 bits per heavy atom. The Morgan fingerprint density at radius 3 is 2.14 bits per heavy atom. The van der Waals surface area contributed by atoms with Crippen molar-refractivity contribution in [3.8, 4) is 11.4 Å². The smallest absolute Gasteiger partial charge is 0.137 e. The zero-order valence-electron chi connectivity index (χ0n) is 13.8.